The van der Waals surface area contributed by atoms with E-state index in [0.29, 0.717) is 13.0 Å². The van der Waals surface area contributed by atoms with E-state index >= 15 is 0 Å². The lowest BCUT2D eigenvalue weighted by molar-refractivity contribution is -0.120. The second-order valence-electron chi connectivity index (χ2n) is 5.61. The number of benzene rings is 2. The van der Waals surface area contributed by atoms with Crippen molar-refractivity contribution in [3.63, 3.8) is 0 Å². The molecule has 4 heteroatoms. The van der Waals surface area contributed by atoms with Gasteiger partial charge in [0.25, 0.3) is 0 Å². The summed E-state index contributed by atoms with van der Waals surface area (Å²) in [7, 11) is 0. The van der Waals surface area contributed by atoms with E-state index in [1.807, 2.05) is 12.1 Å². The first kappa shape index (κ1) is 15.2. The summed E-state index contributed by atoms with van der Waals surface area (Å²) in [5.41, 5.74) is 2.12. The Morgan fingerprint density at radius 2 is 1.83 bits per heavy atom. The zero-order valence-electron chi connectivity index (χ0n) is 12.9. The Morgan fingerprint density at radius 3 is 2.65 bits per heavy atom. The van der Waals surface area contributed by atoms with Gasteiger partial charge in [-0.15, -0.1) is 0 Å². The highest BCUT2D eigenvalue weighted by atomic mass is 16.3. The monoisotopic (exact) mass is 308 g/mol. The maximum absolute atomic E-state index is 11.9. The van der Waals surface area contributed by atoms with Gasteiger partial charge in [0.2, 0.25) is 5.91 Å². The minimum Gasteiger partial charge on any atom is -0.508 e. The second-order valence-corrected chi connectivity index (χ2v) is 5.61. The number of nitrogens with zero attached hydrogens (tertiary/aromatic N) is 1. The predicted octanol–water partition coefficient (Wildman–Crippen LogP) is 3.10. The molecule has 4 nitrogen and oxygen atoms in total. The van der Waals surface area contributed by atoms with Crippen molar-refractivity contribution in [3.05, 3.63) is 66.4 Å². The molecular formula is C19H20N2O2. The van der Waals surface area contributed by atoms with Crippen molar-refractivity contribution in [1.82, 2.24) is 9.88 Å². The topological polar surface area (TPSA) is 54.3 Å². The molecule has 23 heavy (non-hydrogen) atoms. The molecular weight excluding hydrogens is 288 g/mol. The summed E-state index contributed by atoms with van der Waals surface area (Å²) in [6.07, 6.45) is 3.32. The molecule has 1 amide bonds. The Kier molecular flexibility index (Phi) is 4.62. The molecule has 0 saturated heterocycles. The number of aromatic hydroxyl groups is 1. The number of carbonyl (C=O) groups is 1. The van der Waals surface area contributed by atoms with Crippen LogP contribution in [0.5, 0.6) is 5.75 Å². The van der Waals surface area contributed by atoms with Crippen LogP contribution in [0.4, 0.5) is 0 Å². The van der Waals surface area contributed by atoms with Gasteiger partial charge in [0.1, 0.15) is 5.75 Å². The molecule has 0 unspecified atom stereocenters. The number of aromatic nitrogens is 1. The third-order valence-corrected chi connectivity index (χ3v) is 3.88. The summed E-state index contributed by atoms with van der Waals surface area (Å²) in [5, 5.41) is 13.4. The third kappa shape index (κ3) is 3.92. The van der Waals surface area contributed by atoms with Crippen LogP contribution in [0.25, 0.3) is 10.9 Å². The molecule has 0 saturated carbocycles. The normalized spacial score (nSPS) is 10.8. The van der Waals surface area contributed by atoms with Crippen LogP contribution >= 0.6 is 0 Å². The molecule has 118 valence electrons. The highest BCUT2D eigenvalue weighted by Crippen LogP contribution is 2.15. The van der Waals surface area contributed by atoms with Crippen molar-refractivity contribution in [1.29, 1.82) is 0 Å². The van der Waals surface area contributed by atoms with Crippen LogP contribution in [-0.4, -0.2) is 22.1 Å². The van der Waals surface area contributed by atoms with E-state index in [1.165, 1.54) is 10.9 Å². The van der Waals surface area contributed by atoms with E-state index in [0.717, 1.165) is 18.5 Å². The van der Waals surface area contributed by atoms with Gasteiger partial charge in [0.15, 0.2) is 0 Å². The number of fused-ring (bicyclic) bond motifs is 1. The second kappa shape index (κ2) is 7.01. The smallest absolute Gasteiger partial charge is 0.224 e. The molecule has 0 bridgehead atoms. The highest BCUT2D eigenvalue weighted by molar-refractivity contribution is 5.80. The van der Waals surface area contributed by atoms with E-state index < -0.39 is 0 Å². The van der Waals surface area contributed by atoms with Crippen LogP contribution in [-0.2, 0) is 17.8 Å². The van der Waals surface area contributed by atoms with Crippen molar-refractivity contribution in [3.8, 4) is 5.75 Å². The van der Waals surface area contributed by atoms with Crippen molar-refractivity contribution < 1.29 is 9.90 Å². The lowest BCUT2D eigenvalue weighted by Gasteiger charge is -2.07. The van der Waals surface area contributed by atoms with Crippen LogP contribution in [0.2, 0.25) is 0 Å². The van der Waals surface area contributed by atoms with Crippen LogP contribution in [0.15, 0.2) is 60.8 Å². The fourth-order valence-corrected chi connectivity index (χ4v) is 2.67. The number of amides is 1. The summed E-state index contributed by atoms with van der Waals surface area (Å²) >= 11 is 0. The van der Waals surface area contributed by atoms with Crippen molar-refractivity contribution in [2.24, 2.45) is 0 Å². The molecule has 1 aromatic heterocycles. The van der Waals surface area contributed by atoms with Gasteiger partial charge in [-0.25, -0.2) is 0 Å². The Morgan fingerprint density at radius 1 is 1.04 bits per heavy atom. The van der Waals surface area contributed by atoms with Crippen LogP contribution in [0.1, 0.15) is 12.0 Å². The first-order valence-electron chi connectivity index (χ1n) is 7.81. The third-order valence-electron chi connectivity index (χ3n) is 3.88. The molecule has 0 aliphatic rings. The first-order chi connectivity index (χ1) is 11.2. The average Bonchev–Trinajstić information content (AvgIpc) is 2.97. The largest absolute Gasteiger partial charge is 0.508 e. The molecule has 3 rings (SSSR count). The maximum Gasteiger partial charge on any atom is 0.224 e. The van der Waals surface area contributed by atoms with E-state index in [1.54, 1.807) is 24.3 Å². The van der Waals surface area contributed by atoms with Crippen molar-refractivity contribution in [2.45, 2.75) is 19.4 Å². The summed E-state index contributed by atoms with van der Waals surface area (Å²) in [5.74, 6) is 0.223. The number of hydrogen-bond acceptors (Lipinski definition) is 2. The molecule has 0 aliphatic carbocycles. The SMILES string of the molecule is O=C(Cc1ccc(O)cc1)NCCCn1ccc2ccccc21. The number of para-hydroxylation sites is 1. The van der Waals surface area contributed by atoms with Gasteiger partial charge >= 0.3 is 0 Å². The number of aryl methyl sites for hydroxylation is 1. The zero-order valence-corrected chi connectivity index (χ0v) is 12.9. The summed E-state index contributed by atoms with van der Waals surface area (Å²) < 4.78 is 2.21. The molecule has 2 N–H and O–H groups in total. The van der Waals surface area contributed by atoms with Crippen molar-refractivity contribution in [2.75, 3.05) is 6.54 Å². The predicted molar refractivity (Wildman–Crippen MR) is 91.4 cm³/mol. The fourth-order valence-electron chi connectivity index (χ4n) is 2.67. The van der Waals surface area contributed by atoms with Crippen molar-refractivity contribution >= 4 is 16.8 Å². The first-order valence-corrected chi connectivity index (χ1v) is 7.81. The minimum atomic E-state index is 0.00746. The molecule has 0 atom stereocenters. The molecule has 3 aromatic rings. The minimum absolute atomic E-state index is 0.00746. The van der Waals surface area contributed by atoms with Crippen LogP contribution < -0.4 is 5.32 Å². The van der Waals surface area contributed by atoms with E-state index in [9.17, 15) is 9.90 Å². The van der Waals surface area contributed by atoms with Crippen LogP contribution in [0, 0.1) is 0 Å². The Bertz CT molecular complexity index is 790. The van der Waals surface area contributed by atoms with Gasteiger partial charge in [0.05, 0.1) is 6.42 Å². The molecule has 0 aliphatic heterocycles. The lowest BCUT2D eigenvalue weighted by atomic mass is 10.1. The molecule has 0 radical (unpaired) electrons. The lowest BCUT2D eigenvalue weighted by Crippen LogP contribution is -2.26. The van der Waals surface area contributed by atoms with Gasteiger partial charge in [-0.3, -0.25) is 4.79 Å². The number of nitrogens with one attached hydrogen (secondary N) is 1. The number of phenols is 1. The van der Waals surface area contributed by atoms with Gasteiger partial charge in [-0.2, -0.15) is 0 Å². The average molecular weight is 308 g/mol. The summed E-state index contributed by atoms with van der Waals surface area (Å²) in [6.45, 7) is 1.54. The van der Waals surface area contributed by atoms with Gasteiger partial charge in [-0.05, 0) is 41.6 Å². The number of phenolic OH excluding ortho intramolecular Hbond substituents is 1. The maximum atomic E-state index is 11.9. The number of rotatable bonds is 6. The standard InChI is InChI=1S/C19H20N2O2/c22-17-8-6-15(7-9-17)14-19(23)20-11-3-12-21-13-10-16-4-1-2-5-18(16)21/h1-2,4-10,13,22H,3,11-12,14H2,(H,20,23). The molecule has 0 fully saturated rings. The number of hydrogen-bond donors (Lipinski definition) is 2. The molecule has 2 aromatic carbocycles. The van der Waals surface area contributed by atoms with Gasteiger partial charge < -0.3 is 15.0 Å². The highest BCUT2D eigenvalue weighted by Gasteiger charge is 2.04. The van der Waals surface area contributed by atoms with E-state index in [4.69, 9.17) is 0 Å². The molecule has 1 heterocycles. The van der Waals surface area contributed by atoms with Gasteiger partial charge in [0, 0.05) is 24.8 Å². The van der Waals surface area contributed by atoms with E-state index in [2.05, 4.69) is 34.3 Å². The Balaban J connectivity index is 1.44. The quantitative estimate of drug-likeness (QED) is 0.688. The zero-order chi connectivity index (χ0) is 16.1. The van der Waals surface area contributed by atoms with Gasteiger partial charge in [-0.1, -0.05) is 30.3 Å². The summed E-state index contributed by atoms with van der Waals surface area (Å²) in [4.78, 5) is 11.9. The fraction of sp³-hybridized carbons (Fsp3) is 0.211. The Hall–Kier alpha value is -2.75. The number of carbonyl (C=O) groups excluding carboxylic acids is 1. The Labute approximate surface area is 135 Å². The van der Waals surface area contributed by atoms with E-state index in [-0.39, 0.29) is 11.7 Å². The molecule has 0 spiro atoms. The van der Waals surface area contributed by atoms with Crippen LogP contribution in [0.3, 0.4) is 0 Å². The summed E-state index contributed by atoms with van der Waals surface area (Å²) in [6, 6.07) is 17.1.